The van der Waals surface area contributed by atoms with Crippen LogP contribution in [0.5, 0.6) is 0 Å². The Labute approximate surface area is 148 Å². The van der Waals surface area contributed by atoms with E-state index in [1.807, 2.05) is 57.2 Å². The van der Waals surface area contributed by atoms with Gasteiger partial charge in [-0.15, -0.1) is 0 Å². The molecule has 132 valence electrons. The average Bonchev–Trinajstić information content (AvgIpc) is 2.58. The molecule has 2 rings (SSSR count). The normalized spacial score (nSPS) is 10.9. The second-order valence-electron chi connectivity index (χ2n) is 6.62. The highest BCUT2D eigenvalue weighted by Crippen LogP contribution is 2.20. The van der Waals surface area contributed by atoms with E-state index in [0.717, 1.165) is 16.7 Å². The molecule has 0 heterocycles. The Bertz CT molecular complexity index is 728. The second-order valence-corrected chi connectivity index (χ2v) is 6.62. The van der Waals surface area contributed by atoms with Gasteiger partial charge in [-0.3, -0.25) is 0 Å². The van der Waals surface area contributed by atoms with Crippen LogP contribution in [0.4, 0.5) is 4.79 Å². The van der Waals surface area contributed by atoms with Crippen molar-refractivity contribution < 1.29 is 19.1 Å². The van der Waals surface area contributed by atoms with Gasteiger partial charge >= 0.3 is 12.1 Å². The molecule has 5 nitrogen and oxygen atoms in total. The molecule has 0 aliphatic rings. The third-order valence-corrected chi connectivity index (χ3v) is 3.43. The molecule has 0 saturated carbocycles. The quantitative estimate of drug-likeness (QED) is 0.848. The number of benzene rings is 2. The number of amides is 1. The van der Waals surface area contributed by atoms with Crippen LogP contribution < -0.4 is 5.32 Å². The number of ether oxygens (including phenoxy) is 2. The monoisotopic (exact) mass is 341 g/mol. The molecule has 2 aromatic carbocycles. The number of methoxy groups -OCH3 is 1. The Kier molecular flexibility index (Phi) is 5.80. The first-order valence-electron chi connectivity index (χ1n) is 8.03. The van der Waals surface area contributed by atoms with E-state index in [9.17, 15) is 9.59 Å². The second kappa shape index (κ2) is 7.83. The van der Waals surface area contributed by atoms with E-state index >= 15 is 0 Å². The van der Waals surface area contributed by atoms with Crippen molar-refractivity contribution in [3.05, 3.63) is 59.7 Å². The van der Waals surface area contributed by atoms with Crippen LogP contribution in [0.2, 0.25) is 0 Å². The minimum Gasteiger partial charge on any atom is -0.465 e. The maximum atomic E-state index is 11.7. The van der Waals surface area contributed by atoms with Gasteiger partial charge in [-0.1, -0.05) is 36.4 Å². The van der Waals surface area contributed by atoms with Crippen LogP contribution in [0, 0.1) is 0 Å². The first-order valence-corrected chi connectivity index (χ1v) is 8.03. The van der Waals surface area contributed by atoms with Crippen molar-refractivity contribution >= 4 is 12.1 Å². The summed E-state index contributed by atoms with van der Waals surface area (Å²) in [4.78, 5) is 23.1. The summed E-state index contributed by atoms with van der Waals surface area (Å²) in [5, 5.41) is 2.73. The lowest BCUT2D eigenvalue weighted by Crippen LogP contribution is -2.32. The van der Waals surface area contributed by atoms with E-state index in [0.29, 0.717) is 12.1 Å². The van der Waals surface area contributed by atoms with Gasteiger partial charge in [0.2, 0.25) is 0 Å². The third-order valence-electron chi connectivity index (χ3n) is 3.43. The van der Waals surface area contributed by atoms with Crippen LogP contribution in [0.15, 0.2) is 48.5 Å². The fraction of sp³-hybridized carbons (Fsp3) is 0.300. The number of nitrogens with one attached hydrogen (secondary N) is 1. The summed E-state index contributed by atoms with van der Waals surface area (Å²) in [6, 6.07) is 15.1. The SMILES string of the molecule is COC(=O)c1ccc(-c2ccc(CNC(=O)OC(C)(C)C)cc2)cc1. The van der Waals surface area contributed by atoms with Crippen molar-refractivity contribution in [1.82, 2.24) is 5.32 Å². The third kappa shape index (κ3) is 5.64. The smallest absolute Gasteiger partial charge is 0.407 e. The molecule has 0 bridgehead atoms. The first kappa shape index (κ1) is 18.5. The van der Waals surface area contributed by atoms with Crippen molar-refractivity contribution in [3.8, 4) is 11.1 Å². The van der Waals surface area contributed by atoms with Crippen LogP contribution in [-0.4, -0.2) is 24.8 Å². The van der Waals surface area contributed by atoms with Gasteiger partial charge in [-0.05, 0) is 49.6 Å². The van der Waals surface area contributed by atoms with Gasteiger partial charge in [-0.25, -0.2) is 9.59 Å². The molecule has 25 heavy (non-hydrogen) atoms. The molecule has 0 unspecified atom stereocenters. The Morgan fingerprint density at radius 3 is 1.92 bits per heavy atom. The van der Waals surface area contributed by atoms with Crippen LogP contribution in [0.3, 0.4) is 0 Å². The molecular weight excluding hydrogens is 318 g/mol. The lowest BCUT2D eigenvalue weighted by Gasteiger charge is -2.19. The predicted octanol–water partition coefficient (Wildman–Crippen LogP) is 4.16. The maximum Gasteiger partial charge on any atom is 0.407 e. The molecule has 0 fully saturated rings. The first-order chi connectivity index (χ1) is 11.8. The van der Waals surface area contributed by atoms with Crippen molar-refractivity contribution in [3.63, 3.8) is 0 Å². The summed E-state index contributed by atoms with van der Waals surface area (Å²) < 4.78 is 9.89. The largest absolute Gasteiger partial charge is 0.465 e. The Morgan fingerprint density at radius 2 is 1.44 bits per heavy atom. The van der Waals surface area contributed by atoms with E-state index in [1.165, 1.54) is 7.11 Å². The fourth-order valence-electron chi connectivity index (χ4n) is 2.22. The van der Waals surface area contributed by atoms with Crippen LogP contribution >= 0.6 is 0 Å². The van der Waals surface area contributed by atoms with E-state index in [-0.39, 0.29) is 5.97 Å². The molecule has 0 aliphatic carbocycles. The predicted molar refractivity (Wildman–Crippen MR) is 96.3 cm³/mol. The summed E-state index contributed by atoms with van der Waals surface area (Å²) >= 11 is 0. The van der Waals surface area contributed by atoms with Crippen LogP contribution in [0.25, 0.3) is 11.1 Å². The molecule has 0 radical (unpaired) electrons. The zero-order chi connectivity index (χ0) is 18.4. The zero-order valence-corrected chi connectivity index (χ0v) is 15.0. The molecule has 5 heteroatoms. The number of esters is 1. The highest BCUT2D eigenvalue weighted by molar-refractivity contribution is 5.89. The lowest BCUT2D eigenvalue weighted by molar-refractivity contribution is 0.0522. The van der Waals surface area contributed by atoms with Gasteiger partial charge in [-0.2, -0.15) is 0 Å². The highest BCUT2D eigenvalue weighted by Gasteiger charge is 2.15. The Balaban J connectivity index is 1.98. The molecule has 0 aromatic heterocycles. The molecule has 0 saturated heterocycles. The topological polar surface area (TPSA) is 64.6 Å². The maximum absolute atomic E-state index is 11.7. The highest BCUT2D eigenvalue weighted by atomic mass is 16.6. The van der Waals surface area contributed by atoms with Gasteiger partial charge < -0.3 is 14.8 Å². The number of hydrogen-bond donors (Lipinski definition) is 1. The van der Waals surface area contributed by atoms with E-state index in [2.05, 4.69) is 5.32 Å². The van der Waals surface area contributed by atoms with Gasteiger partial charge in [0.1, 0.15) is 5.60 Å². The minimum atomic E-state index is -0.510. The zero-order valence-electron chi connectivity index (χ0n) is 15.0. The van der Waals surface area contributed by atoms with Gasteiger partial charge in [0.05, 0.1) is 12.7 Å². The average molecular weight is 341 g/mol. The molecule has 1 N–H and O–H groups in total. The van der Waals surface area contributed by atoms with E-state index < -0.39 is 11.7 Å². The molecule has 1 amide bonds. The molecular formula is C20H23NO4. The number of carbonyl (C=O) groups excluding carboxylic acids is 2. The number of alkyl carbamates (subject to hydrolysis) is 1. The number of carbonyl (C=O) groups is 2. The minimum absolute atomic E-state index is 0.352. The van der Waals surface area contributed by atoms with Gasteiger partial charge in [0.15, 0.2) is 0 Å². The van der Waals surface area contributed by atoms with Crippen molar-refractivity contribution in [2.75, 3.05) is 7.11 Å². The van der Waals surface area contributed by atoms with Crippen LogP contribution in [-0.2, 0) is 16.0 Å². The summed E-state index contributed by atoms with van der Waals surface area (Å²) in [5.41, 5.74) is 3.01. The summed E-state index contributed by atoms with van der Waals surface area (Å²) in [6.45, 7) is 5.88. The van der Waals surface area contributed by atoms with Crippen molar-refractivity contribution in [2.24, 2.45) is 0 Å². The summed E-state index contributed by atoms with van der Waals surface area (Å²) in [5.74, 6) is -0.352. The number of hydrogen-bond acceptors (Lipinski definition) is 4. The fourth-order valence-corrected chi connectivity index (χ4v) is 2.22. The van der Waals surface area contributed by atoms with Crippen molar-refractivity contribution in [2.45, 2.75) is 32.9 Å². The standard InChI is InChI=1S/C20H23NO4/c1-20(2,3)25-19(23)21-13-14-5-7-15(8-6-14)16-9-11-17(12-10-16)18(22)24-4/h5-12H,13H2,1-4H3,(H,21,23). The molecule has 0 aliphatic heterocycles. The van der Waals surface area contributed by atoms with E-state index in [1.54, 1.807) is 12.1 Å². The van der Waals surface area contributed by atoms with Gasteiger partial charge in [0.25, 0.3) is 0 Å². The molecule has 2 aromatic rings. The Morgan fingerprint density at radius 1 is 0.920 bits per heavy atom. The lowest BCUT2D eigenvalue weighted by atomic mass is 10.0. The van der Waals surface area contributed by atoms with Crippen molar-refractivity contribution in [1.29, 1.82) is 0 Å². The summed E-state index contributed by atoms with van der Waals surface area (Å²) in [6.07, 6.45) is -0.435. The van der Waals surface area contributed by atoms with E-state index in [4.69, 9.17) is 9.47 Å². The van der Waals surface area contributed by atoms with Gasteiger partial charge in [0, 0.05) is 6.54 Å². The summed E-state index contributed by atoms with van der Waals surface area (Å²) in [7, 11) is 1.36. The van der Waals surface area contributed by atoms with Crippen LogP contribution in [0.1, 0.15) is 36.7 Å². The number of rotatable bonds is 4. The molecule has 0 spiro atoms. The molecule has 0 atom stereocenters. The Hall–Kier alpha value is -2.82.